The average molecular weight is 456 g/mol. The van der Waals surface area contributed by atoms with Crippen LogP contribution in [0.2, 0.25) is 10.0 Å². The van der Waals surface area contributed by atoms with Gasteiger partial charge in [-0.2, -0.15) is 0 Å². The zero-order valence-corrected chi connectivity index (χ0v) is 17.3. The van der Waals surface area contributed by atoms with Gasteiger partial charge in [0.05, 0.1) is 10.4 Å². The monoisotopic (exact) mass is 454 g/mol. The quantitative estimate of drug-likeness (QED) is 0.643. The summed E-state index contributed by atoms with van der Waals surface area (Å²) in [6, 6.07) is 11.8. The fraction of sp³-hybridized carbons (Fsp3) is 0.250. The van der Waals surface area contributed by atoms with Gasteiger partial charge in [-0.3, -0.25) is 5.32 Å². The maximum atomic E-state index is 12.7. The van der Waals surface area contributed by atoms with E-state index in [-0.39, 0.29) is 34.2 Å². The van der Waals surface area contributed by atoms with Crippen molar-refractivity contribution in [2.24, 2.45) is 0 Å². The molecule has 0 aliphatic carbocycles. The van der Waals surface area contributed by atoms with Crippen LogP contribution in [0.15, 0.2) is 47.4 Å². The molecule has 3 rings (SSSR count). The van der Waals surface area contributed by atoms with Crippen molar-refractivity contribution in [3.63, 3.8) is 0 Å². The molecule has 3 N–H and O–H groups in total. The van der Waals surface area contributed by atoms with Crippen LogP contribution in [0, 0.1) is 0 Å². The summed E-state index contributed by atoms with van der Waals surface area (Å²) in [5.74, 6) is 0.542. The first kappa shape index (κ1) is 21.8. The summed E-state index contributed by atoms with van der Waals surface area (Å²) < 4.78 is 27.8. The molecule has 1 fully saturated rings. The Bertz CT molecular complexity index is 881. The molecule has 0 radical (unpaired) electrons. The Morgan fingerprint density at radius 2 is 1.92 bits per heavy atom. The minimum atomic E-state index is -3.81. The molecule has 142 valence electrons. The summed E-state index contributed by atoms with van der Waals surface area (Å²) in [6.45, 7) is 0.0672. The molecule has 0 bridgehead atoms. The van der Waals surface area contributed by atoms with Gasteiger partial charge in [0.25, 0.3) is 0 Å². The molecule has 1 saturated heterocycles. The molecule has 0 amide bonds. The molecule has 2 aromatic carbocycles. The van der Waals surface area contributed by atoms with Crippen LogP contribution in [0.25, 0.3) is 0 Å². The van der Waals surface area contributed by atoms with Crippen molar-refractivity contribution in [1.82, 2.24) is 10.0 Å². The van der Waals surface area contributed by atoms with Crippen LogP contribution < -0.4 is 10.0 Å². The van der Waals surface area contributed by atoms with Crippen LogP contribution in [-0.4, -0.2) is 25.5 Å². The lowest BCUT2D eigenvalue weighted by Gasteiger charge is -2.14. The summed E-state index contributed by atoms with van der Waals surface area (Å²) in [6.07, 6.45) is -0.607. The second-order valence-electron chi connectivity index (χ2n) is 5.50. The first-order valence-corrected chi connectivity index (χ1v) is 10.7. The van der Waals surface area contributed by atoms with E-state index >= 15 is 0 Å². The summed E-state index contributed by atoms with van der Waals surface area (Å²) in [4.78, 5) is 0.00232. The molecule has 2 aromatic rings. The molecular weight excluding hydrogens is 439 g/mol. The SMILES string of the molecule is Cl.O=S(=O)(NCc1ccccc1Cl)c1cc(C2NC(O)CS2)ccc1Cl. The van der Waals surface area contributed by atoms with Crippen molar-refractivity contribution in [2.45, 2.75) is 23.0 Å². The fourth-order valence-electron chi connectivity index (χ4n) is 2.43. The first-order valence-electron chi connectivity index (χ1n) is 7.45. The zero-order chi connectivity index (χ0) is 18.0. The largest absolute Gasteiger partial charge is 0.378 e. The van der Waals surface area contributed by atoms with Crippen LogP contribution in [0.5, 0.6) is 0 Å². The Balaban J connectivity index is 0.00000243. The predicted octanol–water partition coefficient (Wildman–Crippen LogP) is 3.55. The molecule has 2 atom stereocenters. The number of aliphatic hydroxyl groups excluding tert-OH is 1. The van der Waals surface area contributed by atoms with E-state index in [2.05, 4.69) is 10.0 Å². The van der Waals surface area contributed by atoms with Gasteiger partial charge < -0.3 is 5.11 Å². The van der Waals surface area contributed by atoms with Gasteiger partial charge >= 0.3 is 0 Å². The minimum Gasteiger partial charge on any atom is -0.378 e. The Labute approximate surface area is 172 Å². The second-order valence-corrected chi connectivity index (χ2v) is 9.19. The summed E-state index contributed by atoms with van der Waals surface area (Å²) in [5, 5.41) is 13.0. The molecular formula is C16H17Cl3N2O3S2. The number of sulfonamides is 1. The van der Waals surface area contributed by atoms with Crippen LogP contribution in [0.1, 0.15) is 16.5 Å². The number of nitrogens with one attached hydrogen (secondary N) is 2. The summed E-state index contributed by atoms with van der Waals surface area (Å²) in [5.41, 5.74) is 1.42. The first-order chi connectivity index (χ1) is 11.9. The molecule has 1 aliphatic rings. The number of thioether (sulfide) groups is 1. The normalized spacial score (nSPS) is 20.0. The zero-order valence-electron chi connectivity index (χ0n) is 13.4. The number of rotatable bonds is 5. The van der Waals surface area contributed by atoms with E-state index in [0.29, 0.717) is 16.3 Å². The molecule has 0 aromatic heterocycles. The van der Waals surface area contributed by atoms with E-state index in [4.69, 9.17) is 23.2 Å². The minimum absolute atomic E-state index is 0. The van der Waals surface area contributed by atoms with Crippen LogP contribution in [0.3, 0.4) is 0 Å². The average Bonchev–Trinajstić information content (AvgIpc) is 3.01. The van der Waals surface area contributed by atoms with Crippen molar-refractivity contribution in [2.75, 3.05) is 5.75 Å². The van der Waals surface area contributed by atoms with Crippen molar-refractivity contribution >= 4 is 57.4 Å². The number of halogens is 3. The van der Waals surface area contributed by atoms with Gasteiger partial charge in [-0.25, -0.2) is 13.1 Å². The third kappa shape index (κ3) is 5.05. The van der Waals surface area contributed by atoms with Gasteiger partial charge in [-0.1, -0.05) is 47.5 Å². The molecule has 26 heavy (non-hydrogen) atoms. The molecule has 10 heteroatoms. The topological polar surface area (TPSA) is 78.4 Å². The standard InChI is InChI=1S/C16H16Cl2N2O3S2.ClH/c17-12-4-2-1-3-11(12)8-19-25(22,23)14-7-10(5-6-13(14)18)16-20-15(21)9-24-16;/h1-7,15-16,19-21H,8-9H2;1H. The van der Waals surface area contributed by atoms with E-state index in [1.807, 2.05) is 0 Å². The van der Waals surface area contributed by atoms with E-state index in [1.54, 1.807) is 36.4 Å². The molecule has 1 heterocycles. The highest BCUT2D eigenvalue weighted by Crippen LogP contribution is 2.34. The molecule has 1 aliphatic heterocycles. The van der Waals surface area contributed by atoms with Gasteiger partial charge in [-0.15, -0.1) is 24.2 Å². The highest BCUT2D eigenvalue weighted by Gasteiger charge is 2.26. The maximum absolute atomic E-state index is 12.7. The third-order valence-electron chi connectivity index (χ3n) is 3.72. The van der Waals surface area contributed by atoms with Gasteiger partial charge in [0.1, 0.15) is 11.1 Å². The Hall–Kier alpha value is -0.510. The molecule has 5 nitrogen and oxygen atoms in total. The van der Waals surface area contributed by atoms with Crippen LogP contribution in [0.4, 0.5) is 0 Å². The van der Waals surface area contributed by atoms with Crippen LogP contribution in [-0.2, 0) is 16.6 Å². The number of hydrogen-bond donors (Lipinski definition) is 3. The van der Waals surface area contributed by atoms with Gasteiger partial charge in [0.2, 0.25) is 10.0 Å². The van der Waals surface area contributed by atoms with E-state index < -0.39 is 16.3 Å². The van der Waals surface area contributed by atoms with Crippen molar-refractivity contribution in [1.29, 1.82) is 0 Å². The van der Waals surface area contributed by atoms with E-state index in [9.17, 15) is 13.5 Å². The van der Waals surface area contributed by atoms with Crippen molar-refractivity contribution in [3.05, 3.63) is 63.6 Å². The third-order valence-corrected chi connectivity index (χ3v) is 7.22. The number of hydrogen-bond acceptors (Lipinski definition) is 5. The van der Waals surface area contributed by atoms with Gasteiger partial charge in [0.15, 0.2) is 0 Å². The molecule has 2 unspecified atom stereocenters. The lowest BCUT2D eigenvalue weighted by molar-refractivity contribution is 0.167. The number of aliphatic hydroxyl groups is 1. The van der Waals surface area contributed by atoms with Gasteiger partial charge in [0, 0.05) is 17.3 Å². The molecule has 0 saturated carbocycles. The van der Waals surface area contributed by atoms with Crippen molar-refractivity contribution < 1.29 is 13.5 Å². The lowest BCUT2D eigenvalue weighted by atomic mass is 10.2. The Morgan fingerprint density at radius 3 is 2.58 bits per heavy atom. The van der Waals surface area contributed by atoms with Crippen LogP contribution >= 0.6 is 47.4 Å². The second kappa shape index (κ2) is 9.12. The fourth-order valence-corrected chi connectivity index (χ4v) is 5.24. The van der Waals surface area contributed by atoms with Gasteiger partial charge in [-0.05, 0) is 29.3 Å². The Morgan fingerprint density at radius 1 is 1.19 bits per heavy atom. The maximum Gasteiger partial charge on any atom is 0.242 e. The Kier molecular flexibility index (Phi) is 7.64. The smallest absolute Gasteiger partial charge is 0.242 e. The summed E-state index contributed by atoms with van der Waals surface area (Å²) >= 11 is 13.7. The van der Waals surface area contributed by atoms with Crippen molar-refractivity contribution in [3.8, 4) is 0 Å². The lowest BCUT2D eigenvalue weighted by Crippen LogP contribution is -2.26. The highest BCUT2D eigenvalue weighted by molar-refractivity contribution is 7.99. The van der Waals surface area contributed by atoms with E-state index in [1.165, 1.54) is 17.8 Å². The predicted molar refractivity (Wildman–Crippen MR) is 109 cm³/mol. The highest BCUT2D eigenvalue weighted by atomic mass is 35.5. The van der Waals surface area contributed by atoms with E-state index in [0.717, 1.165) is 5.56 Å². The summed E-state index contributed by atoms with van der Waals surface area (Å²) in [7, 11) is -3.81. The number of benzene rings is 2. The molecule has 0 spiro atoms.